The van der Waals surface area contributed by atoms with Crippen LogP contribution in [-0.2, 0) is 11.3 Å². The van der Waals surface area contributed by atoms with E-state index in [0.717, 1.165) is 0 Å². The number of hydrogen-bond acceptors (Lipinski definition) is 4. The molecule has 0 unspecified atom stereocenters. The maximum Gasteiger partial charge on any atom is 0.410 e. The van der Waals surface area contributed by atoms with Gasteiger partial charge in [-0.15, -0.1) is 0 Å². The van der Waals surface area contributed by atoms with Crippen molar-refractivity contribution < 1.29 is 19.4 Å². The van der Waals surface area contributed by atoms with Crippen molar-refractivity contribution in [2.24, 2.45) is 0 Å². The molecular weight excluding hydrogens is 212 g/mol. The van der Waals surface area contributed by atoms with Gasteiger partial charge in [0.25, 0.3) is 0 Å². The highest BCUT2D eigenvalue weighted by Crippen LogP contribution is 2.12. The second kappa shape index (κ2) is 4.18. The number of carboxylic acid groups (broad SMARTS) is 1. The Morgan fingerprint density at radius 1 is 1.62 bits per heavy atom. The van der Waals surface area contributed by atoms with Crippen LogP contribution in [0.1, 0.15) is 16.1 Å². The van der Waals surface area contributed by atoms with Gasteiger partial charge in [-0.1, -0.05) is 0 Å². The van der Waals surface area contributed by atoms with Gasteiger partial charge in [-0.25, -0.2) is 9.59 Å². The molecule has 16 heavy (non-hydrogen) atoms. The van der Waals surface area contributed by atoms with Gasteiger partial charge in [-0.3, -0.25) is 9.88 Å². The number of carboxylic acids is 1. The highest BCUT2D eigenvalue weighted by Gasteiger charge is 2.24. The third-order valence-electron chi connectivity index (χ3n) is 2.31. The van der Waals surface area contributed by atoms with Crippen molar-refractivity contribution in [1.82, 2.24) is 9.88 Å². The molecule has 1 fully saturated rings. The predicted octanol–water partition coefficient (Wildman–Crippen LogP) is 0.732. The van der Waals surface area contributed by atoms with Crippen molar-refractivity contribution in [3.63, 3.8) is 0 Å². The summed E-state index contributed by atoms with van der Waals surface area (Å²) in [4.78, 5) is 27.5. The second-order valence-corrected chi connectivity index (χ2v) is 3.34. The van der Waals surface area contributed by atoms with Gasteiger partial charge in [0.2, 0.25) is 0 Å². The average Bonchev–Trinajstić information content (AvgIpc) is 2.65. The van der Waals surface area contributed by atoms with Crippen LogP contribution in [0.25, 0.3) is 0 Å². The number of rotatable bonds is 3. The van der Waals surface area contributed by atoms with Crippen LogP contribution in [0.15, 0.2) is 18.3 Å². The molecular formula is C10H10N2O4. The summed E-state index contributed by atoms with van der Waals surface area (Å²) in [5, 5.41) is 8.93. The molecule has 1 aromatic rings. The molecule has 1 N–H and O–H groups in total. The molecule has 0 radical (unpaired) electrons. The van der Waals surface area contributed by atoms with Crippen LogP contribution in [0, 0.1) is 0 Å². The molecule has 0 saturated carbocycles. The SMILES string of the molecule is O=C(O)c1cccnc1CN1CCOC1=O. The zero-order valence-corrected chi connectivity index (χ0v) is 8.42. The maximum atomic E-state index is 11.2. The van der Waals surface area contributed by atoms with E-state index in [9.17, 15) is 9.59 Å². The second-order valence-electron chi connectivity index (χ2n) is 3.34. The molecule has 6 heteroatoms. The highest BCUT2D eigenvalue weighted by atomic mass is 16.6. The van der Waals surface area contributed by atoms with Crippen LogP contribution in [0.2, 0.25) is 0 Å². The number of aromatic carboxylic acids is 1. The fourth-order valence-corrected chi connectivity index (χ4v) is 1.51. The lowest BCUT2D eigenvalue weighted by Crippen LogP contribution is -2.25. The van der Waals surface area contributed by atoms with Gasteiger partial charge < -0.3 is 9.84 Å². The lowest BCUT2D eigenvalue weighted by atomic mass is 10.2. The minimum atomic E-state index is -1.05. The third-order valence-corrected chi connectivity index (χ3v) is 2.31. The molecule has 84 valence electrons. The van der Waals surface area contributed by atoms with Crippen molar-refractivity contribution in [3.05, 3.63) is 29.6 Å². The Bertz CT molecular complexity index is 433. The number of hydrogen-bond donors (Lipinski definition) is 1. The standard InChI is InChI=1S/C10H10N2O4/c13-9(14)7-2-1-3-11-8(7)6-12-4-5-16-10(12)15/h1-3H,4-6H2,(H,13,14). The molecule has 1 amide bonds. The Kier molecular flexibility index (Phi) is 2.72. The lowest BCUT2D eigenvalue weighted by Gasteiger charge is -2.12. The van der Waals surface area contributed by atoms with Gasteiger partial charge in [-0.05, 0) is 12.1 Å². The molecule has 2 rings (SSSR count). The van der Waals surface area contributed by atoms with Crippen LogP contribution in [0.4, 0.5) is 4.79 Å². The van der Waals surface area contributed by atoms with Crippen LogP contribution < -0.4 is 0 Å². The van der Waals surface area contributed by atoms with E-state index in [1.807, 2.05) is 0 Å². The predicted molar refractivity (Wildman–Crippen MR) is 53.0 cm³/mol. The first-order valence-corrected chi connectivity index (χ1v) is 4.77. The van der Waals surface area contributed by atoms with Gasteiger partial charge >= 0.3 is 12.1 Å². The van der Waals surface area contributed by atoms with Gasteiger partial charge in [0.05, 0.1) is 24.3 Å². The summed E-state index contributed by atoms with van der Waals surface area (Å²) < 4.78 is 4.75. The molecule has 1 aromatic heterocycles. The third kappa shape index (κ3) is 1.95. The molecule has 6 nitrogen and oxygen atoms in total. The number of nitrogens with zero attached hydrogens (tertiary/aromatic N) is 2. The first kappa shape index (κ1) is 10.4. The first-order valence-electron chi connectivity index (χ1n) is 4.77. The maximum absolute atomic E-state index is 11.2. The number of aromatic nitrogens is 1. The molecule has 0 spiro atoms. The summed E-state index contributed by atoms with van der Waals surface area (Å²) in [6, 6.07) is 3.02. The van der Waals surface area contributed by atoms with E-state index in [-0.39, 0.29) is 12.1 Å². The largest absolute Gasteiger partial charge is 0.478 e. The molecule has 2 heterocycles. The summed E-state index contributed by atoms with van der Waals surface area (Å²) in [7, 11) is 0. The minimum absolute atomic E-state index is 0.113. The zero-order chi connectivity index (χ0) is 11.5. The monoisotopic (exact) mass is 222 g/mol. The van der Waals surface area contributed by atoms with E-state index >= 15 is 0 Å². The minimum Gasteiger partial charge on any atom is -0.478 e. The fraction of sp³-hybridized carbons (Fsp3) is 0.300. The van der Waals surface area contributed by atoms with E-state index in [1.165, 1.54) is 17.2 Å². The number of amides is 1. The fourth-order valence-electron chi connectivity index (χ4n) is 1.51. The van der Waals surface area contributed by atoms with Crippen LogP contribution >= 0.6 is 0 Å². The first-order chi connectivity index (χ1) is 7.68. The number of ether oxygens (including phenoxy) is 1. The molecule has 0 aromatic carbocycles. The molecule has 0 aliphatic carbocycles. The van der Waals surface area contributed by atoms with Gasteiger partial charge in [-0.2, -0.15) is 0 Å². The van der Waals surface area contributed by atoms with E-state index < -0.39 is 12.1 Å². The van der Waals surface area contributed by atoms with Crippen LogP contribution in [-0.4, -0.2) is 40.2 Å². The normalized spacial score (nSPS) is 15.0. The summed E-state index contributed by atoms with van der Waals surface area (Å²) in [6.45, 7) is 0.976. The van der Waals surface area contributed by atoms with Crippen LogP contribution in [0.3, 0.4) is 0 Å². The lowest BCUT2D eigenvalue weighted by molar-refractivity contribution is 0.0693. The highest BCUT2D eigenvalue weighted by molar-refractivity contribution is 5.88. The topological polar surface area (TPSA) is 79.7 Å². The average molecular weight is 222 g/mol. The Morgan fingerprint density at radius 2 is 2.44 bits per heavy atom. The van der Waals surface area contributed by atoms with Crippen molar-refractivity contribution in [1.29, 1.82) is 0 Å². The van der Waals surface area contributed by atoms with Gasteiger partial charge in [0.1, 0.15) is 6.61 Å². The van der Waals surface area contributed by atoms with Crippen molar-refractivity contribution in [2.45, 2.75) is 6.54 Å². The summed E-state index contributed by atoms with van der Waals surface area (Å²) in [6.07, 6.45) is 1.07. The molecule has 1 aliphatic rings. The van der Waals surface area contributed by atoms with E-state index in [2.05, 4.69) is 4.98 Å². The summed E-state index contributed by atoms with van der Waals surface area (Å²) in [5.41, 5.74) is 0.482. The van der Waals surface area contributed by atoms with E-state index in [1.54, 1.807) is 6.07 Å². The zero-order valence-electron chi connectivity index (χ0n) is 8.42. The Morgan fingerprint density at radius 3 is 3.06 bits per heavy atom. The number of pyridine rings is 1. The van der Waals surface area contributed by atoms with E-state index in [4.69, 9.17) is 9.84 Å². The van der Waals surface area contributed by atoms with Gasteiger partial charge in [0, 0.05) is 6.20 Å². The Hall–Kier alpha value is -2.11. The molecule has 0 bridgehead atoms. The summed E-state index contributed by atoms with van der Waals surface area (Å²) >= 11 is 0. The Labute approximate surface area is 91.5 Å². The van der Waals surface area contributed by atoms with Crippen molar-refractivity contribution in [2.75, 3.05) is 13.2 Å². The number of cyclic esters (lactones) is 1. The van der Waals surface area contributed by atoms with Crippen LogP contribution in [0.5, 0.6) is 0 Å². The quantitative estimate of drug-likeness (QED) is 0.815. The molecule has 1 saturated heterocycles. The molecule has 0 atom stereocenters. The van der Waals surface area contributed by atoms with Gasteiger partial charge in [0.15, 0.2) is 0 Å². The van der Waals surface area contributed by atoms with E-state index in [0.29, 0.717) is 18.8 Å². The Balaban J connectivity index is 2.20. The van der Waals surface area contributed by atoms with Crippen molar-refractivity contribution in [3.8, 4) is 0 Å². The smallest absolute Gasteiger partial charge is 0.410 e. The summed E-state index contributed by atoms with van der Waals surface area (Å²) in [5.74, 6) is -1.05. The number of carbonyl (C=O) groups excluding carboxylic acids is 1. The van der Waals surface area contributed by atoms with Crippen molar-refractivity contribution >= 4 is 12.1 Å². The molecule has 1 aliphatic heterocycles. The number of carbonyl (C=O) groups is 2.